The zero-order chi connectivity index (χ0) is 31.6. The van der Waals surface area contributed by atoms with E-state index in [1.807, 2.05) is 0 Å². The van der Waals surface area contributed by atoms with Crippen LogP contribution in [0.15, 0.2) is 60.8 Å². The first-order valence-corrected chi connectivity index (χ1v) is 16.4. The summed E-state index contributed by atoms with van der Waals surface area (Å²) in [6.45, 7) is -0.0704. The second kappa shape index (κ2) is 13.2. The second-order valence-electron chi connectivity index (χ2n) is 10.8. The Hall–Kier alpha value is -3.62. The molecule has 232 valence electrons. The number of sulfonamides is 1. The maximum absolute atomic E-state index is 14.4. The van der Waals surface area contributed by atoms with Gasteiger partial charge in [-0.05, 0) is 54.3 Å². The number of nitrogens with one attached hydrogen (secondary N) is 2. The molecule has 2 amide bonds. The van der Waals surface area contributed by atoms with Crippen LogP contribution in [0.25, 0.3) is 0 Å². The molecule has 1 fully saturated rings. The van der Waals surface area contributed by atoms with Crippen molar-refractivity contribution in [3.8, 4) is 0 Å². The Kier molecular flexibility index (Phi) is 9.51. The molecule has 12 nitrogen and oxygen atoms in total. The summed E-state index contributed by atoms with van der Waals surface area (Å²) >= 11 is 12.9. The van der Waals surface area contributed by atoms with Crippen molar-refractivity contribution in [3.63, 3.8) is 0 Å². The number of hydrogen-bond acceptors (Lipinski definition) is 8. The molecule has 1 saturated carbocycles. The molecule has 4 atom stereocenters. The first-order valence-electron chi connectivity index (χ1n) is 13.8. The normalized spacial score (nSPS) is 21.9. The minimum atomic E-state index is -3.66. The number of nitro groups is 1. The van der Waals surface area contributed by atoms with Crippen molar-refractivity contribution < 1.29 is 27.8 Å². The van der Waals surface area contributed by atoms with Gasteiger partial charge in [-0.2, -0.15) is 0 Å². The Bertz CT molecular complexity index is 1690. The number of nitrogens with zero attached hydrogens (tertiary/aromatic N) is 3. The van der Waals surface area contributed by atoms with E-state index in [0.29, 0.717) is 35.5 Å². The molecule has 0 radical (unpaired) electrons. The molecule has 0 spiro atoms. The summed E-state index contributed by atoms with van der Waals surface area (Å²) in [6.07, 6.45) is 4.95. The number of nitro benzene ring substituents is 1. The topological polar surface area (TPSA) is 161 Å². The highest BCUT2D eigenvalue weighted by Crippen LogP contribution is 2.48. The molecular formula is C29H29Cl2N5O7S. The van der Waals surface area contributed by atoms with Crippen molar-refractivity contribution in [3.05, 3.63) is 103 Å². The summed E-state index contributed by atoms with van der Waals surface area (Å²) in [6, 6.07) is 11.1. The van der Waals surface area contributed by atoms with Gasteiger partial charge in [0.2, 0.25) is 10.0 Å². The number of hydroxylamine groups is 1. The van der Waals surface area contributed by atoms with E-state index in [1.54, 1.807) is 36.5 Å². The Morgan fingerprint density at radius 1 is 1.11 bits per heavy atom. The zero-order valence-corrected chi connectivity index (χ0v) is 25.8. The van der Waals surface area contributed by atoms with Crippen molar-refractivity contribution >= 4 is 50.7 Å². The highest BCUT2D eigenvalue weighted by Gasteiger charge is 2.50. The summed E-state index contributed by atoms with van der Waals surface area (Å²) in [7, 11) is -3.66. The van der Waals surface area contributed by atoms with E-state index < -0.39 is 50.8 Å². The van der Waals surface area contributed by atoms with Gasteiger partial charge in [0.25, 0.3) is 17.5 Å². The predicted octanol–water partition coefficient (Wildman–Crippen LogP) is 4.69. The molecule has 15 heteroatoms. The minimum Gasteiger partial charge on any atom is -0.326 e. The molecule has 1 aromatic heterocycles. The van der Waals surface area contributed by atoms with Gasteiger partial charge in [-0.3, -0.25) is 29.5 Å². The number of carbonyl (C=O) groups excluding carboxylic acids is 2. The van der Waals surface area contributed by atoms with Crippen molar-refractivity contribution in [2.45, 2.75) is 56.3 Å². The number of pyridine rings is 1. The molecule has 1 aliphatic carbocycles. The van der Waals surface area contributed by atoms with Gasteiger partial charge in [0.05, 0.1) is 28.8 Å². The number of hydrogen-bond donors (Lipinski definition) is 2. The highest BCUT2D eigenvalue weighted by molar-refractivity contribution is 7.88. The lowest BCUT2D eigenvalue weighted by Crippen LogP contribution is -2.59. The van der Waals surface area contributed by atoms with Gasteiger partial charge < -0.3 is 4.90 Å². The SMILES string of the molecule is CS(=O)(=O)NC1CCCCC1N1C(=O)c2ccc([N+](=O)[O-])cc2C(C(=O)NOCc2ccccn2)C1c1ccc(Cl)cc1Cl. The van der Waals surface area contributed by atoms with Crippen LogP contribution in [0.5, 0.6) is 0 Å². The molecule has 4 unspecified atom stereocenters. The lowest BCUT2D eigenvalue weighted by molar-refractivity contribution is -0.384. The van der Waals surface area contributed by atoms with E-state index in [2.05, 4.69) is 15.2 Å². The second-order valence-corrected chi connectivity index (χ2v) is 13.4. The first kappa shape index (κ1) is 31.8. The van der Waals surface area contributed by atoms with Crippen LogP contribution in [0.2, 0.25) is 10.0 Å². The third kappa shape index (κ3) is 6.87. The van der Waals surface area contributed by atoms with Gasteiger partial charge >= 0.3 is 0 Å². The summed E-state index contributed by atoms with van der Waals surface area (Å²) in [5.41, 5.74) is 3.21. The van der Waals surface area contributed by atoms with Crippen LogP contribution < -0.4 is 10.2 Å². The number of non-ortho nitro benzene ring substituents is 1. The molecule has 1 aliphatic heterocycles. The summed E-state index contributed by atoms with van der Waals surface area (Å²) in [5, 5.41) is 12.3. The highest BCUT2D eigenvalue weighted by atomic mass is 35.5. The van der Waals surface area contributed by atoms with Crippen molar-refractivity contribution in [1.82, 2.24) is 20.1 Å². The molecule has 0 saturated heterocycles. The van der Waals surface area contributed by atoms with E-state index in [9.17, 15) is 28.1 Å². The van der Waals surface area contributed by atoms with Crippen LogP contribution in [0.3, 0.4) is 0 Å². The van der Waals surface area contributed by atoms with E-state index in [1.165, 1.54) is 29.2 Å². The lowest BCUT2D eigenvalue weighted by Gasteiger charge is -2.49. The van der Waals surface area contributed by atoms with Crippen molar-refractivity contribution in [1.29, 1.82) is 0 Å². The van der Waals surface area contributed by atoms with Crippen molar-refractivity contribution in [2.24, 2.45) is 0 Å². The van der Waals surface area contributed by atoms with E-state index >= 15 is 0 Å². The molecule has 44 heavy (non-hydrogen) atoms. The summed E-state index contributed by atoms with van der Waals surface area (Å²) in [5.74, 6) is -2.46. The number of halogens is 2. The van der Waals surface area contributed by atoms with Crippen molar-refractivity contribution in [2.75, 3.05) is 6.26 Å². The molecule has 5 rings (SSSR count). The molecular weight excluding hydrogens is 633 g/mol. The fourth-order valence-electron chi connectivity index (χ4n) is 6.01. The Balaban J connectivity index is 1.66. The number of benzene rings is 2. The van der Waals surface area contributed by atoms with Gasteiger partial charge in [-0.1, -0.05) is 48.2 Å². The van der Waals surface area contributed by atoms with Gasteiger partial charge in [-0.15, -0.1) is 0 Å². The molecule has 3 aromatic rings. The maximum Gasteiger partial charge on any atom is 0.269 e. The molecule has 2 aliphatic rings. The minimum absolute atomic E-state index is 0.0704. The third-order valence-corrected chi connectivity index (χ3v) is 9.09. The maximum atomic E-state index is 14.4. The monoisotopic (exact) mass is 661 g/mol. The third-order valence-electron chi connectivity index (χ3n) is 7.80. The van der Waals surface area contributed by atoms with Gasteiger partial charge in [-0.25, -0.2) is 18.6 Å². The quantitative estimate of drug-likeness (QED) is 0.247. The average molecular weight is 663 g/mol. The molecule has 0 bridgehead atoms. The average Bonchev–Trinajstić information content (AvgIpc) is 2.97. The predicted molar refractivity (Wildman–Crippen MR) is 162 cm³/mol. The van der Waals surface area contributed by atoms with Crippen LogP contribution in [-0.2, 0) is 26.3 Å². The summed E-state index contributed by atoms with van der Waals surface area (Å²) < 4.78 is 27.4. The zero-order valence-electron chi connectivity index (χ0n) is 23.5. The van der Waals surface area contributed by atoms with Crippen LogP contribution in [0.4, 0.5) is 5.69 Å². The van der Waals surface area contributed by atoms with Gasteiger partial charge in [0, 0.05) is 46.0 Å². The standard InChI is InChI=1S/C29H29Cl2N5O7S/c1-44(41,42)34-24-7-2-3-8-25(24)35-27(21-11-9-17(30)14-23(21)31)26(28(37)33-43-16-18-6-4-5-13-32-18)22-15-19(36(39)40)10-12-20(22)29(35)38/h4-6,9-15,24-27,34H,2-3,7-8,16H2,1H3,(H,33,37). The molecule has 2 aromatic carbocycles. The lowest BCUT2D eigenvalue weighted by atomic mass is 9.76. The number of rotatable bonds is 9. The molecule has 2 heterocycles. The number of aromatic nitrogens is 1. The Labute approximate surface area is 263 Å². The summed E-state index contributed by atoms with van der Waals surface area (Å²) in [4.78, 5) is 50.8. The smallest absolute Gasteiger partial charge is 0.269 e. The number of amides is 2. The fourth-order valence-corrected chi connectivity index (χ4v) is 7.35. The van der Waals surface area contributed by atoms with E-state index in [-0.39, 0.29) is 28.4 Å². The fraction of sp³-hybridized carbons (Fsp3) is 0.345. The Morgan fingerprint density at radius 2 is 1.89 bits per heavy atom. The van der Waals surface area contributed by atoms with Crippen LogP contribution in [0.1, 0.15) is 64.8 Å². The van der Waals surface area contributed by atoms with Gasteiger partial charge in [0.15, 0.2) is 0 Å². The number of carbonyl (C=O) groups is 2. The van der Waals surface area contributed by atoms with Crippen LogP contribution >= 0.6 is 23.2 Å². The Morgan fingerprint density at radius 3 is 2.57 bits per heavy atom. The van der Waals surface area contributed by atoms with Crippen LogP contribution in [0, 0.1) is 10.1 Å². The van der Waals surface area contributed by atoms with Gasteiger partial charge in [0.1, 0.15) is 6.61 Å². The van der Waals surface area contributed by atoms with E-state index in [0.717, 1.165) is 12.7 Å². The largest absolute Gasteiger partial charge is 0.326 e. The van der Waals surface area contributed by atoms with E-state index in [4.69, 9.17) is 28.0 Å². The van der Waals surface area contributed by atoms with Crippen LogP contribution in [-0.4, -0.2) is 53.4 Å². The number of fused-ring (bicyclic) bond motifs is 1. The first-order chi connectivity index (χ1) is 20.9. The molecule has 2 N–H and O–H groups in total.